The predicted octanol–water partition coefficient (Wildman–Crippen LogP) is 5.16. The third kappa shape index (κ3) is 4.75. The van der Waals surface area contributed by atoms with E-state index in [4.69, 9.17) is 16.3 Å². The van der Waals surface area contributed by atoms with Gasteiger partial charge in [0.15, 0.2) is 5.69 Å². The molecule has 0 saturated carbocycles. The number of benzene rings is 2. The molecule has 2 aromatic heterocycles. The molecular formula is C24H18ClFN4O3. The van der Waals surface area contributed by atoms with Crippen molar-refractivity contribution in [2.45, 2.75) is 6.92 Å². The maximum atomic E-state index is 14.2. The van der Waals surface area contributed by atoms with Gasteiger partial charge in [0.25, 0.3) is 5.91 Å². The first-order chi connectivity index (χ1) is 16.0. The Hall–Kier alpha value is -4.04. The highest BCUT2D eigenvalue weighted by Gasteiger charge is 2.20. The van der Waals surface area contributed by atoms with E-state index in [2.05, 4.69) is 15.4 Å². The van der Waals surface area contributed by atoms with E-state index in [0.29, 0.717) is 11.3 Å². The van der Waals surface area contributed by atoms with E-state index in [1.807, 2.05) is 6.07 Å². The van der Waals surface area contributed by atoms with Crippen molar-refractivity contribution in [3.63, 3.8) is 0 Å². The van der Waals surface area contributed by atoms with Crippen LogP contribution in [0.3, 0.4) is 0 Å². The molecule has 2 heterocycles. The third-order valence-corrected chi connectivity index (χ3v) is 5.01. The second kappa shape index (κ2) is 9.62. The van der Waals surface area contributed by atoms with Gasteiger partial charge in [-0.3, -0.25) is 9.78 Å². The molecule has 0 aliphatic heterocycles. The molecule has 0 saturated heterocycles. The fourth-order valence-electron chi connectivity index (χ4n) is 3.17. The standard InChI is InChI=1S/C24H18ClFN4O3/c1-2-33-24(32)20-14-21(30(29-20)16-7-4-3-5-8-16)28-23(31)17-13-15(10-11-18(17)25)22-19(26)9-6-12-27-22/h3-14H,2H2,1H3,(H,28,31). The number of carbonyl (C=O) groups is 2. The molecule has 1 N–H and O–H groups in total. The largest absolute Gasteiger partial charge is 0.461 e. The molecule has 0 spiro atoms. The average Bonchev–Trinajstić information content (AvgIpc) is 3.24. The van der Waals surface area contributed by atoms with Gasteiger partial charge in [0.05, 0.1) is 22.9 Å². The molecule has 9 heteroatoms. The van der Waals surface area contributed by atoms with E-state index in [-0.39, 0.29) is 34.4 Å². The van der Waals surface area contributed by atoms with Gasteiger partial charge >= 0.3 is 5.97 Å². The van der Waals surface area contributed by atoms with Crippen LogP contribution in [0, 0.1) is 5.82 Å². The number of aromatic nitrogens is 3. The van der Waals surface area contributed by atoms with Gasteiger partial charge in [-0.1, -0.05) is 35.9 Å². The van der Waals surface area contributed by atoms with E-state index in [1.54, 1.807) is 37.3 Å². The van der Waals surface area contributed by atoms with Gasteiger partial charge in [-0.15, -0.1) is 0 Å². The summed E-state index contributed by atoms with van der Waals surface area (Å²) < 4.78 is 20.6. The zero-order valence-electron chi connectivity index (χ0n) is 17.5. The molecule has 0 aliphatic carbocycles. The summed E-state index contributed by atoms with van der Waals surface area (Å²) in [4.78, 5) is 29.4. The van der Waals surface area contributed by atoms with Crippen molar-refractivity contribution in [1.82, 2.24) is 14.8 Å². The summed E-state index contributed by atoms with van der Waals surface area (Å²) in [5.41, 5.74) is 1.26. The lowest BCUT2D eigenvalue weighted by atomic mass is 10.1. The van der Waals surface area contributed by atoms with Crippen LogP contribution in [0.25, 0.3) is 16.9 Å². The summed E-state index contributed by atoms with van der Waals surface area (Å²) in [5.74, 6) is -1.47. The number of halogens is 2. The second-order valence-electron chi connectivity index (χ2n) is 6.87. The highest BCUT2D eigenvalue weighted by molar-refractivity contribution is 6.34. The number of nitrogens with zero attached hydrogens (tertiary/aromatic N) is 3. The molecule has 4 aromatic rings. The Morgan fingerprint density at radius 2 is 1.88 bits per heavy atom. The van der Waals surface area contributed by atoms with Crippen LogP contribution in [0.4, 0.5) is 10.2 Å². The molecule has 0 unspecified atom stereocenters. The smallest absolute Gasteiger partial charge is 0.358 e. The number of para-hydroxylation sites is 1. The van der Waals surface area contributed by atoms with Crippen LogP contribution >= 0.6 is 11.6 Å². The number of anilines is 1. The zero-order valence-corrected chi connectivity index (χ0v) is 18.2. The van der Waals surface area contributed by atoms with Crippen molar-refractivity contribution in [3.05, 3.63) is 95.0 Å². The highest BCUT2D eigenvalue weighted by Crippen LogP contribution is 2.27. The molecule has 166 valence electrons. The minimum atomic E-state index is -0.617. The van der Waals surface area contributed by atoms with Crippen LogP contribution in [0.2, 0.25) is 5.02 Å². The van der Waals surface area contributed by atoms with Gasteiger partial charge in [0.2, 0.25) is 0 Å². The molecule has 2 aromatic carbocycles. The highest BCUT2D eigenvalue weighted by atomic mass is 35.5. The number of rotatable bonds is 6. The topological polar surface area (TPSA) is 86.1 Å². The Labute approximate surface area is 193 Å². The molecule has 1 amide bonds. The van der Waals surface area contributed by atoms with Crippen molar-refractivity contribution >= 4 is 29.3 Å². The van der Waals surface area contributed by atoms with Crippen LogP contribution in [-0.2, 0) is 4.74 Å². The van der Waals surface area contributed by atoms with Gasteiger partial charge in [0, 0.05) is 17.8 Å². The molecule has 0 fully saturated rings. The van der Waals surface area contributed by atoms with E-state index in [9.17, 15) is 14.0 Å². The van der Waals surface area contributed by atoms with Gasteiger partial charge in [0.1, 0.15) is 17.3 Å². The first-order valence-corrected chi connectivity index (χ1v) is 10.4. The van der Waals surface area contributed by atoms with Crippen molar-refractivity contribution in [3.8, 4) is 16.9 Å². The first-order valence-electron chi connectivity index (χ1n) is 10.0. The lowest BCUT2D eigenvalue weighted by Crippen LogP contribution is -2.15. The van der Waals surface area contributed by atoms with Gasteiger partial charge in [-0.2, -0.15) is 5.10 Å². The molecule has 0 radical (unpaired) electrons. The zero-order chi connectivity index (χ0) is 23.4. The summed E-state index contributed by atoms with van der Waals surface area (Å²) in [7, 11) is 0. The van der Waals surface area contributed by atoms with Gasteiger partial charge in [-0.05, 0) is 43.3 Å². The van der Waals surface area contributed by atoms with E-state index in [0.717, 1.165) is 0 Å². The van der Waals surface area contributed by atoms with Crippen molar-refractivity contribution in [2.24, 2.45) is 0 Å². The molecule has 33 heavy (non-hydrogen) atoms. The first kappa shape index (κ1) is 22.2. The number of esters is 1. The lowest BCUT2D eigenvalue weighted by molar-refractivity contribution is 0.0518. The van der Waals surface area contributed by atoms with Gasteiger partial charge < -0.3 is 10.1 Å². The average molecular weight is 465 g/mol. The minimum absolute atomic E-state index is 0.0337. The number of pyridine rings is 1. The van der Waals surface area contributed by atoms with E-state index < -0.39 is 17.7 Å². The number of hydrogen-bond donors (Lipinski definition) is 1. The summed E-state index contributed by atoms with van der Waals surface area (Å²) >= 11 is 6.27. The number of hydrogen-bond acceptors (Lipinski definition) is 5. The maximum absolute atomic E-state index is 14.2. The third-order valence-electron chi connectivity index (χ3n) is 4.68. The summed E-state index contributed by atoms with van der Waals surface area (Å²) in [5, 5.41) is 7.18. The number of ether oxygens (including phenoxy) is 1. The van der Waals surface area contributed by atoms with E-state index in [1.165, 1.54) is 41.2 Å². The normalized spacial score (nSPS) is 10.6. The Bertz CT molecular complexity index is 1320. The molecule has 0 bridgehead atoms. The van der Waals surface area contributed by atoms with Crippen LogP contribution in [0.5, 0.6) is 0 Å². The van der Waals surface area contributed by atoms with Crippen LogP contribution < -0.4 is 5.32 Å². The van der Waals surface area contributed by atoms with Crippen LogP contribution in [-0.4, -0.2) is 33.2 Å². The van der Waals surface area contributed by atoms with Crippen molar-refractivity contribution in [1.29, 1.82) is 0 Å². The molecule has 0 atom stereocenters. The van der Waals surface area contributed by atoms with Crippen molar-refractivity contribution < 1.29 is 18.7 Å². The second-order valence-corrected chi connectivity index (χ2v) is 7.27. The summed E-state index contributed by atoms with van der Waals surface area (Å²) in [6.07, 6.45) is 1.46. The van der Waals surface area contributed by atoms with Gasteiger partial charge in [-0.25, -0.2) is 13.9 Å². The number of amides is 1. The Kier molecular flexibility index (Phi) is 6.46. The van der Waals surface area contributed by atoms with Crippen molar-refractivity contribution in [2.75, 3.05) is 11.9 Å². The molecule has 7 nitrogen and oxygen atoms in total. The SMILES string of the molecule is CCOC(=O)c1cc(NC(=O)c2cc(-c3ncccc3F)ccc2Cl)n(-c2ccccc2)n1. The Morgan fingerprint density at radius 3 is 2.61 bits per heavy atom. The minimum Gasteiger partial charge on any atom is -0.461 e. The molecule has 0 aliphatic rings. The lowest BCUT2D eigenvalue weighted by Gasteiger charge is -2.11. The number of nitrogens with one attached hydrogen (secondary N) is 1. The quantitative estimate of drug-likeness (QED) is 0.398. The predicted molar refractivity (Wildman–Crippen MR) is 122 cm³/mol. The fraction of sp³-hybridized carbons (Fsp3) is 0.0833. The van der Waals surface area contributed by atoms with E-state index >= 15 is 0 Å². The van der Waals surface area contributed by atoms with Crippen LogP contribution in [0.1, 0.15) is 27.8 Å². The Balaban J connectivity index is 1.71. The van der Waals surface area contributed by atoms with Crippen LogP contribution in [0.15, 0.2) is 72.9 Å². The Morgan fingerprint density at radius 1 is 1.09 bits per heavy atom. The summed E-state index contributed by atoms with van der Waals surface area (Å²) in [6, 6.07) is 17.7. The summed E-state index contributed by atoms with van der Waals surface area (Å²) in [6.45, 7) is 1.87. The monoisotopic (exact) mass is 464 g/mol. The molecule has 4 rings (SSSR count). The number of carbonyl (C=O) groups excluding carboxylic acids is 2. The molecular weight excluding hydrogens is 447 g/mol. The maximum Gasteiger partial charge on any atom is 0.358 e. The fourth-order valence-corrected chi connectivity index (χ4v) is 3.37.